The van der Waals surface area contributed by atoms with Crippen LogP contribution in [0, 0.1) is 0 Å². The Balaban J connectivity index is 2.37. The van der Waals surface area contributed by atoms with Gasteiger partial charge in [0.2, 0.25) is 0 Å². The van der Waals surface area contributed by atoms with Crippen molar-refractivity contribution < 1.29 is 4.74 Å². The molecule has 1 heterocycles. The Bertz CT molecular complexity index is 315. The number of nitrogens with zero attached hydrogens (tertiary/aromatic N) is 2. The molecule has 0 aliphatic heterocycles. The van der Waals surface area contributed by atoms with Crippen LogP contribution in [0.1, 0.15) is 25.5 Å². The SMILES string of the molecule is CCCNCCCc1c(Br)cnn1CCOC. The fourth-order valence-corrected chi connectivity index (χ4v) is 2.18. The molecule has 1 rings (SSSR count). The molecule has 0 saturated carbocycles. The summed E-state index contributed by atoms with van der Waals surface area (Å²) >= 11 is 3.55. The third-order valence-corrected chi connectivity index (χ3v) is 3.26. The Morgan fingerprint density at radius 2 is 2.29 bits per heavy atom. The largest absolute Gasteiger partial charge is 0.383 e. The molecule has 0 aliphatic rings. The van der Waals surface area contributed by atoms with Crippen LogP contribution in [0.4, 0.5) is 0 Å². The van der Waals surface area contributed by atoms with Crippen LogP contribution in [0.25, 0.3) is 0 Å². The van der Waals surface area contributed by atoms with Crippen molar-refractivity contribution >= 4 is 15.9 Å². The highest BCUT2D eigenvalue weighted by Crippen LogP contribution is 2.17. The van der Waals surface area contributed by atoms with E-state index >= 15 is 0 Å². The lowest BCUT2D eigenvalue weighted by Crippen LogP contribution is -2.17. The van der Waals surface area contributed by atoms with Crippen molar-refractivity contribution in [2.75, 3.05) is 26.8 Å². The number of hydrogen-bond acceptors (Lipinski definition) is 3. The second kappa shape index (κ2) is 8.66. The first-order valence-corrected chi connectivity index (χ1v) is 6.98. The summed E-state index contributed by atoms with van der Waals surface area (Å²) < 4.78 is 8.20. The van der Waals surface area contributed by atoms with Crippen molar-refractivity contribution in [2.45, 2.75) is 32.7 Å². The van der Waals surface area contributed by atoms with Crippen molar-refractivity contribution in [1.29, 1.82) is 0 Å². The van der Waals surface area contributed by atoms with Crippen LogP contribution in [0.2, 0.25) is 0 Å². The van der Waals surface area contributed by atoms with Crippen LogP contribution in [0.3, 0.4) is 0 Å². The first kappa shape index (κ1) is 14.7. The second-order valence-electron chi connectivity index (χ2n) is 4.01. The number of hydrogen-bond donors (Lipinski definition) is 1. The summed E-state index contributed by atoms with van der Waals surface area (Å²) in [6, 6.07) is 0. The van der Waals surface area contributed by atoms with Gasteiger partial charge in [-0.1, -0.05) is 6.92 Å². The molecule has 1 aromatic heterocycles. The third-order valence-electron chi connectivity index (χ3n) is 2.60. The lowest BCUT2D eigenvalue weighted by atomic mass is 10.2. The van der Waals surface area contributed by atoms with Gasteiger partial charge in [0.05, 0.1) is 29.5 Å². The molecule has 5 heteroatoms. The lowest BCUT2D eigenvalue weighted by molar-refractivity contribution is 0.182. The molecular weight excluding hydrogens is 282 g/mol. The lowest BCUT2D eigenvalue weighted by Gasteiger charge is -2.08. The maximum absolute atomic E-state index is 5.08. The Kier molecular flexibility index (Phi) is 7.48. The standard InChI is InChI=1S/C12H22BrN3O/c1-3-6-14-7-4-5-12-11(13)10-15-16(12)8-9-17-2/h10,14H,3-9H2,1-2H3. The van der Waals surface area contributed by atoms with E-state index in [1.807, 2.05) is 10.9 Å². The summed E-state index contributed by atoms with van der Waals surface area (Å²) in [6.45, 7) is 5.87. The predicted octanol–water partition coefficient (Wildman–Crippen LogP) is 2.22. The van der Waals surface area contributed by atoms with Crippen LogP contribution in [0.5, 0.6) is 0 Å². The second-order valence-corrected chi connectivity index (χ2v) is 4.86. The molecule has 1 N–H and O–H groups in total. The Morgan fingerprint density at radius 1 is 1.47 bits per heavy atom. The number of aromatic nitrogens is 2. The van der Waals surface area contributed by atoms with Gasteiger partial charge in [0.25, 0.3) is 0 Å². The zero-order valence-electron chi connectivity index (χ0n) is 10.7. The third kappa shape index (κ3) is 5.19. The van der Waals surface area contributed by atoms with Gasteiger partial charge in [-0.15, -0.1) is 0 Å². The van der Waals surface area contributed by atoms with Crippen molar-refractivity contribution in [1.82, 2.24) is 15.1 Å². The van der Waals surface area contributed by atoms with Gasteiger partial charge < -0.3 is 10.1 Å². The van der Waals surface area contributed by atoms with Crippen LogP contribution in [-0.2, 0) is 17.7 Å². The fraction of sp³-hybridized carbons (Fsp3) is 0.750. The van der Waals surface area contributed by atoms with Crippen molar-refractivity contribution in [3.05, 3.63) is 16.4 Å². The molecule has 4 nitrogen and oxygen atoms in total. The van der Waals surface area contributed by atoms with Crippen LogP contribution >= 0.6 is 15.9 Å². The van der Waals surface area contributed by atoms with Gasteiger partial charge in [0.15, 0.2) is 0 Å². The number of methoxy groups -OCH3 is 1. The van der Waals surface area contributed by atoms with E-state index < -0.39 is 0 Å². The minimum absolute atomic E-state index is 0.704. The highest BCUT2D eigenvalue weighted by atomic mass is 79.9. The van der Waals surface area contributed by atoms with Gasteiger partial charge in [-0.3, -0.25) is 4.68 Å². The number of ether oxygens (including phenoxy) is 1. The van der Waals surface area contributed by atoms with Crippen molar-refractivity contribution in [3.8, 4) is 0 Å². The van der Waals surface area contributed by atoms with Gasteiger partial charge in [-0.25, -0.2) is 0 Å². The normalized spacial score (nSPS) is 11.0. The quantitative estimate of drug-likeness (QED) is 0.711. The van der Waals surface area contributed by atoms with E-state index in [9.17, 15) is 0 Å². The van der Waals surface area contributed by atoms with Crippen LogP contribution < -0.4 is 5.32 Å². The van der Waals surface area contributed by atoms with E-state index in [0.29, 0.717) is 6.61 Å². The Morgan fingerprint density at radius 3 is 3.00 bits per heavy atom. The highest BCUT2D eigenvalue weighted by Gasteiger charge is 2.07. The summed E-state index contributed by atoms with van der Waals surface area (Å²) in [6.07, 6.45) is 5.23. The molecule has 0 saturated heterocycles. The molecule has 1 aromatic rings. The fourth-order valence-electron chi connectivity index (χ4n) is 1.69. The zero-order valence-corrected chi connectivity index (χ0v) is 12.3. The highest BCUT2D eigenvalue weighted by molar-refractivity contribution is 9.10. The molecule has 0 bridgehead atoms. The number of halogens is 1. The van der Waals surface area contributed by atoms with E-state index in [1.54, 1.807) is 7.11 Å². The molecule has 0 radical (unpaired) electrons. The molecule has 0 atom stereocenters. The van der Waals surface area contributed by atoms with Gasteiger partial charge in [0.1, 0.15) is 0 Å². The first-order chi connectivity index (χ1) is 8.29. The van der Waals surface area contributed by atoms with E-state index in [1.165, 1.54) is 12.1 Å². The molecule has 0 spiro atoms. The summed E-state index contributed by atoms with van der Waals surface area (Å²) in [5, 5.41) is 7.75. The molecule has 0 unspecified atom stereocenters. The predicted molar refractivity (Wildman–Crippen MR) is 73.3 cm³/mol. The molecular formula is C12H22BrN3O. The number of nitrogens with one attached hydrogen (secondary N) is 1. The van der Waals surface area contributed by atoms with E-state index in [-0.39, 0.29) is 0 Å². The van der Waals surface area contributed by atoms with Gasteiger partial charge in [-0.2, -0.15) is 5.10 Å². The summed E-state index contributed by atoms with van der Waals surface area (Å²) in [5.41, 5.74) is 1.26. The molecule has 0 aromatic carbocycles. The average Bonchev–Trinajstić information content (AvgIpc) is 2.68. The van der Waals surface area contributed by atoms with Gasteiger partial charge in [-0.05, 0) is 48.3 Å². The Labute approximate surface area is 112 Å². The van der Waals surface area contributed by atoms with Crippen molar-refractivity contribution in [3.63, 3.8) is 0 Å². The maximum atomic E-state index is 5.08. The number of rotatable bonds is 9. The summed E-state index contributed by atoms with van der Waals surface area (Å²) in [4.78, 5) is 0. The maximum Gasteiger partial charge on any atom is 0.0658 e. The van der Waals surface area contributed by atoms with E-state index in [0.717, 1.165) is 36.9 Å². The topological polar surface area (TPSA) is 39.1 Å². The summed E-state index contributed by atoms with van der Waals surface area (Å²) in [5.74, 6) is 0. The molecule has 98 valence electrons. The summed E-state index contributed by atoms with van der Waals surface area (Å²) in [7, 11) is 1.72. The molecule has 0 fully saturated rings. The monoisotopic (exact) mass is 303 g/mol. The first-order valence-electron chi connectivity index (χ1n) is 6.19. The van der Waals surface area contributed by atoms with Crippen molar-refractivity contribution in [2.24, 2.45) is 0 Å². The molecule has 0 amide bonds. The van der Waals surface area contributed by atoms with E-state index in [2.05, 4.69) is 33.3 Å². The Hall–Kier alpha value is -0.390. The van der Waals surface area contributed by atoms with E-state index in [4.69, 9.17) is 4.74 Å². The minimum Gasteiger partial charge on any atom is -0.383 e. The smallest absolute Gasteiger partial charge is 0.0658 e. The molecule has 0 aliphatic carbocycles. The average molecular weight is 304 g/mol. The van der Waals surface area contributed by atoms with Gasteiger partial charge in [0, 0.05) is 7.11 Å². The zero-order chi connectivity index (χ0) is 12.5. The van der Waals surface area contributed by atoms with Crippen LogP contribution in [-0.4, -0.2) is 36.6 Å². The minimum atomic E-state index is 0.704. The molecule has 17 heavy (non-hydrogen) atoms. The van der Waals surface area contributed by atoms with Gasteiger partial charge >= 0.3 is 0 Å². The van der Waals surface area contributed by atoms with Crippen LogP contribution in [0.15, 0.2) is 10.7 Å².